The van der Waals surface area contributed by atoms with Crippen molar-refractivity contribution in [2.24, 2.45) is 0 Å². The molecule has 0 radical (unpaired) electrons. The zero-order chi connectivity index (χ0) is 26.7. The Morgan fingerprint density at radius 1 is 0.513 bits per heavy atom. The van der Waals surface area contributed by atoms with E-state index in [1.54, 1.807) is 0 Å². The maximum Gasteiger partial charge on any atom is 0.157 e. The van der Waals surface area contributed by atoms with Gasteiger partial charge in [0, 0.05) is 13.2 Å². The van der Waals surface area contributed by atoms with Gasteiger partial charge in [-0.3, -0.25) is 0 Å². The van der Waals surface area contributed by atoms with Gasteiger partial charge in [-0.15, -0.1) is 0 Å². The first-order chi connectivity index (χ1) is 18.8. The molecule has 0 fully saturated rings. The van der Waals surface area contributed by atoms with Crippen molar-refractivity contribution in [1.82, 2.24) is 0 Å². The summed E-state index contributed by atoms with van der Waals surface area (Å²) in [6.07, 6.45) is 14.4. The van der Waals surface area contributed by atoms with Crippen molar-refractivity contribution < 1.29 is 33.5 Å². The Labute approximate surface area is 256 Å². The maximum atomic E-state index is 6.02. The van der Waals surface area contributed by atoms with Crippen LogP contribution in [0.4, 0.5) is 0 Å². The van der Waals surface area contributed by atoms with Gasteiger partial charge >= 0.3 is 0 Å². The van der Waals surface area contributed by atoms with E-state index in [-0.39, 0.29) is 30.3 Å². The first-order valence-electron chi connectivity index (χ1n) is 15.1. The summed E-state index contributed by atoms with van der Waals surface area (Å²) < 4.78 is 12.0. The molecule has 3 aromatic rings. The highest BCUT2D eigenvalue weighted by Crippen LogP contribution is 2.56. The van der Waals surface area contributed by atoms with Gasteiger partial charge in [0.2, 0.25) is 0 Å². The SMILES string of the molecule is CCCCOC(CCCCCCCC[P+](c1ccccc1)(c1ccccc1)c1ccccc1)OCCCC.[I-]. The molecule has 214 valence electrons. The van der Waals surface area contributed by atoms with E-state index < -0.39 is 7.26 Å². The van der Waals surface area contributed by atoms with Crippen molar-refractivity contribution >= 4 is 23.2 Å². The fourth-order valence-corrected chi connectivity index (χ4v) is 9.59. The van der Waals surface area contributed by atoms with Gasteiger partial charge in [0.15, 0.2) is 6.29 Å². The minimum Gasteiger partial charge on any atom is -1.00 e. The molecule has 2 nitrogen and oxygen atoms in total. The molecule has 3 rings (SSSR count). The van der Waals surface area contributed by atoms with Crippen LogP contribution in [0.3, 0.4) is 0 Å². The zero-order valence-corrected chi connectivity index (χ0v) is 27.3. The van der Waals surface area contributed by atoms with Crippen molar-refractivity contribution in [3.05, 3.63) is 91.0 Å². The summed E-state index contributed by atoms with van der Waals surface area (Å²) in [5, 5.41) is 4.48. The van der Waals surface area contributed by atoms with Crippen LogP contribution in [0.5, 0.6) is 0 Å². The van der Waals surface area contributed by atoms with Gasteiger partial charge in [0.25, 0.3) is 0 Å². The van der Waals surface area contributed by atoms with E-state index in [0.717, 1.165) is 32.5 Å². The average Bonchev–Trinajstić information content (AvgIpc) is 2.98. The Hall–Kier alpha value is -1.26. The first-order valence-corrected chi connectivity index (χ1v) is 17.1. The number of halogens is 1. The van der Waals surface area contributed by atoms with E-state index in [4.69, 9.17) is 9.47 Å². The molecule has 0 saturated heterocycles. The monoisotopic (exact) mass is 660 g/mol. The number of rotatable bonds is 20. The molecule has 0 aliphatic rings. The second-order valence-electron chi connectivity index (χ2n) is 10.3. The van der Waals surface area contributed by atoms with Crippen LogP contribution in [0.1, 0.15) is 84.5 Å². The van der Waals surface area contributed by atoms with Crippen LogP contribution in [0.2, 0.25) is 0 Å². The third kappa shape index (κ3) is 11.3. The molecule has 0 aliphatic carbocycles. The van der Waals surface area contributed by atoms with Crippen molar-refractivity contribution in [2.45, 2.75) is 90.8 Å². The lowest BCUT2D eigenvalue weighted by atomic mass is 10.1. The van der Waals surface area contributed by atoms with Crippen molar-refractivity contribution in [1.29, 1.82) is 0 Å². The van der Waals surface area contributed by atoms with Crippen molar-refractivity contribution in [3.63, 3.8) is 0 Å². The highest BCUT2D eigenvalue weighted by molar-refractivity contribution is 7.95. The summed E-state index contributed by atoms with van der Waals surface area (Å²) in [4.78, 5) is 0. The fourth-order valence-electron chi connectivity index (χ4n) is 5.18. The van der Waals surface area contributed by atoms with Crippen LogP contribution >= 0.6 is 7.26 Å². The van der Waals surface area contributed by atoms with Gasteiger partial charge in [-0.25, -0.2) is 0 Å². The van der Waals surface area contributed by atoms with Gasteiger partial charge in [0.1, 0.15) is 23.2 Å². The molecule has 0 spiro atoms. The summed E-state index contributed by atoms with van der Waals surface area (Å²) in [5.41, 5.74) is 0. The molecule has 0 N–H and O–H groups in total. The van der Waals surface area contributed by atoms with Crippen molar-refractivity contribution in [3.8, 4) is 0 Å². The second-order valence-corrected chi connectivity index (χ2v) is 13.9. The minimum atomic E-state index is -1.69. The molecule has 0 saturated carbocycles. The Morgan fingerprint density at radius 3 is 1.31 bits per heavy atom. The topological polar surface area (TPSA) is 18.5 Å². The molecule has 0 aliphatic heterocycles. The Bertz CT molecular complexity index is 861. The van der Waals surface area contributed by atoms with E-state index in [1.165, 1.54) is 73.4 Å². The van der Waals surface area contributed by atoms with Crippen LogP contribution in [-0.4, -0.2) is 25.7 Å². The van der Waals surface area contributed by atoms with Gasteiger partial charge < -0.3 is 33.5 Å². The third-order valence-electron chi connectivity index (χ3n) is 7.38. The van der Waals surface area contributed by atoms with E-state index in [2.05, 4.69) is 105 Å². The van der Waals surface area contributed by atoms with Gasteiger partial charge in [-0.05, 0) is 74.9 Å². The van der Waals surface area contributed by atoms with Gasteiger partial charge in [-0.1, -0.05) is 101 Å². The van der Waals surface area contributed by atoms with Crippen LogP contribution in [-0.2, 0) is 9.47 Å². The Balaban J connectivity index is 0.00000533. The van der Waals surface area contributed by atoms with E-state index in [1.807, 2.05) is 0 Å². The number of ether oxygens (including phenoxy) is 2. The fraction of sp³-hybridized carbons (Fsp3) is 0.486. The summed E-state index contributed by atoms with van der Waals surface area (Å²) in [5.74, 6) is 0. The summed E-state index contributed by atoms with van der Waals surface area (Å²) in [6, 6.07) is 33.8. The number of hydrogen-bond acceptors (Lipinski definition) is 2. The number of unbranched alkanes of at least 4 members (excludes halogenated alkanes) is 7. The van der Waals surface area contributed by atoms with Crippen LogP contribution < -0.4 is 39.9 Å². The lowest BCUT2D eigenvalue weighted by Gasteiger charge is -2.27. The van der Waals surface area contributed by atoms with E-state index in [9.17, 15) is 0 Å². The number of hydrogen-bond donors (Lipinski definition) is 0. The van der Waals surface area contributed by atoms with E-state index >= 15 is 0 Å². The lowest BCUT2D eigenvalue weighted by Crippen LogP contribution is -3.00. The lowest BCUT2D eigenvalue weighted by molar-refractivity contribution is -0.147. The molecule has 0 aromatic heterocycles. The van der Waals surface area contributed by atoms with Crippen molar-refractivity contribution in [2.75, 3.05) is 19.4 Å². The zero-order valence-electron chi connectivity index (χ0n) is 24.3. The Kier molecular flexibility index (Phi) is 17.9. The molecule has 0 bridgehead atoms. The summed E-state index contributed by atoms with van der Waals surface area (Å²) in [7, 11) is -1.69. The molecule has 3 aromatic carbocycles. The Morgan fingerprint density at radius 2 is 0.897 bits per heavy atom. The van der Waals surface area contributed by atoms with Crippen LogP contribution in [0.15, 0.2) is 91.0 Å². The maximum absolute atomic E-state index is 6.02. The normalized spacial score (nSPS) is 11.5. The molecule has 0 amide bonds. The summed E-state index contributed by atoms with van der Waals surface area (Å²) >= 11 is 0. The molecular weight excluding hydrogens is 610 g/mol. The average molecular weight is 661 g/mol. The molecule has 0 heterocycles. The molecule has 0 atom stereocenters. The van der Waals surface area contributed by atoms with Crippen LogP contribution in [0, 0.1) is 0 Å². The highest BCUT2D eigenvalue weighted by Gasteiger charge is 2.44. The molecule has 4 heteroatoms. The van der Waals surface area contributed by atoms with Gasteiger partial charge in [0.05, 0.1) is 6.16 Å². The smallest absolute Gasteiger partial charge is 0.157 e. The minimum absolute atomic E-state index is 0. The molecule has 39 heavy (non-hydrogen) atoms. The largest absolute Gasteiger partial charge is 1.00 e. The first kappa shape index (κ1) is 33.9. The second kappa shape index (κ2) is 20.6. The molecule has 0 unspecified atom stereocenters. The predicted molar refractivity (Wildman–Crippen MR) is 168 cm³/mol. The third-order valence-corrected chi connectivity index (χ3v) is 11.9. The quantitative estimate of drug-likeness (QED) is 0.0673. The highest BCUT2D eigenvalue weighted by atomic mass is 127. The molecular formula is C35H50IO2P. The van der Waals surface area contributed by atoms with E-state index in [0.29, 0.717) is 0 Å². The van der Waals surface area contributed by atoms with Gasteiger partial charge in [-0.2, -0.15) is 0 Å². The summed E-state index contributed by atoms with van der Waals surface area (Å²) in [6.45, 7) is 6.06. The number of benzene rings is 3. The predicted octanol–water partition coefficient (Wildman–Crippen LogP) is 5.67. The van der Waals surface area contributed by atoms with Crippen LogP contribution in [0.25, 0.3) is 0 Å². The standard InChI is InChI=1S/C35H50O2P.HI/c1-3-5-29-36-35(37-30-6-4-2)28-20-9-7-8-10-21-31-38(32-22-14-11-15-23-32,33-24-16-12-17-25-33)34-26-18-13-19-27-34;/h11-19,22-27,35H,3-10,20-21,28-31H2,1-2H3;1H/q+1;/p-1.